The largest absolute Gasteiger partial charge is 0.381 e. The first-order valence-electron chi connectivity index (χ1n) is 9.09. The first kappa shape index (κ1) is 18.4. The van der Waals surface area contributed by atoms with E-state index in [1.807, 2.05) is 24.2 Å². The number of amides is 1. The van der Waals surface area contributed by atoms with Gasteiger partial charge < -0.3 is 9.64 Å². The van der Waals surface area contributed by atoms with Gasteiger partial charge in [0.1, 0.15) is 0 Å². The Bertz CT molecular complexity index is 764. The van der Waals surface area contributed by atoms with E-state index in [0.29, 0.717) is 5.92 Å². The molecule has 0 saturated carbocycles. The van der Waals surface area contributed by atoms with Crippen LogP contribution in [0.25, 0.3) is 6.08 Å². The Balaban J connectivity index is 1.64. The number of hydrogen-bond acceptors (Lipinski definition) is 3. The molecule has 0 spiro atoms. The summed E-state index contributed by atoms with van der Waals surface area (Å²) in [5.41, 5.74) is 3.49. The van der Waals surface area contributed by atoms with Crippen molar-refractivity contribution in [1.82, 2.24) is 14.7 Å². The van der Waals surface area contributed by atoms with Crippen molar-refractivity contribution in [3.8, 4) is 0 Å². The summed E-state index contributed by atoms with van der Waals surface area (Å²) in [5, 5.41) is 4.12. The maximum absolute atomic E-state index is 12.6. The van der Waals surface area contributed by atoms with Crippen LogP contribution in [0.15, 0.2) is 42.7 Å². The number of nitrogens with zero attached hydrogens (tertiary/aromatic N) is 3. The van der Waals surface area contributed by atoms with Crippen molar-refractivity contribution in [2.75, 3.05) is 20.2 Å². The van der Waals surface area contributed by atoms with Crippen LogP contribution < -0.4 is 0 Å². The molecule has 5 heteroatoms. The fourth-order valence-corrected chi connectivity index (χ4v) is 3.54. The van der Waals surface area contributed by atoms with Gasteiger partial charge in [-0.15, -0.1) is 0 Å². The van der Waals surface area contributed by atoms with Crippen molar-refractivity contribution in [3.05, 3.63) is 59.4 Å². The number of ether oxygens (including phenoxy) is 1. The third-order valence-electron chi connectivity index (χ3n) is 5.04. The number of carbonyl (C=O) groups is 1. The fourth-order valence-electron chi connectivity index (χ4n) is 3.54. The molecule has 2 atom stereocenters. The van der Waals surface area contributed by atoms with Gasteiger partial charge >= 0.3 is 0 Å². The van der Waals surface area contributed by atoms with Gasteiger partial charge in [0.05, 0.1) is 12.3 Å². The number of aromatic nitrogens is 2. The first-order valence-corrected chi connectivity index (χ1v) is 9.09. The Morgan fingerprint density at radius 3 is 2.77 bits per heavy atom. The molecule has 0 aliphatic carbocycles. The molecule has 0 radical (unpaired) electrons. The van der Waals surface area contributed by atoms with E-state index >= 15 is 0 Å². The molecule has 0 bridgehead atoms. The standard InChI is InChI=1S/C21H27N3O2/c1-16-4-6-17(7-5-16)12-19-15-24(11-10-20(19)26-3)21(25)9-8-18-13-22-23(2)14-18/h4-9,13-14,19-20H,10-12,15H2,1-3H3/b9-8+/t19-,20-/m1/s1. The Hall–Kier alpha value is -2.40. The number of rotatable bonds is 5. The highest BCUT2D eigenvalue weighted by atomic mass is 16.5. The number of carbonyl (C=O) groups excluding carboxylic acids is 1. The molecule has 1 aromatic carbocycles. The van der Waals surface area contributed by atoms with E-state index in [2.05, 4.69) is 36.3 Å². The predicted molar refractivity (Wildman–Crippen MR) is 103 cm³/mol. The molecule has 26 heavy (non-hydrogen) atoms. The Labute approximate surface area is 155 Å². The number of aryl methyl sites for hydroxylation is 2. The minimum Gasteiger partial charge on any atom is -0.381 e. The van der Waals surface area contributed by atoms with Crippen LogP contribution in [0.4, 0.5) is 0 Å². The Morgan fingerprint density at radius 2 is 2.12 bits per heavy atom. The second kappa shape index (κ2) is 8.32. The van der Waals surface area contributed by atoms with Crippen molar-refractivity contribution in [3.63, 3.8) is 0 Å². The van der Waals surface area contributed by atoms with E-state index in [4.69, 9.17) is 4.74 Å². The lowest BCUT2D eigenvalue weighted by atomic mass is 9.88. The monoisotopic (exact) mass is 353 g/mol. The minimum atomic E-state index is 0.0531. The minimum absolute atomic E-state index is 0.0531. The molecule has 2 heterocycles. The summed E-state index contributed by atoms with van der Waals surface area (Å²) >= 11 is 0. The van der Waals surface area contributed by atoms with E-state index in [1.54, 1.807) is 24.1 Å². The van der Waals surface area contributed by atoms with Gasteiger partial charge in [0.15, 0.2) is 0 Å². The molecule has 3 rings (SSSR count). The summed E-state index contributed by atoms with van der Waals surface area (Å²) < 4.78 is 7.42. The highest BCUT2D eigenvalue weighted by molar-refractivity contribution is 5.91. The van der Waals surface area contributed by atoms with Crippen LogP contribution in [0.2, 0.25) is 0 Å². The maximum Gasteiger partial charge on any atom is 0.246 e. The third kappa shape index (κ3) is 4.61. The summed E-state index contributed by atoms with van der Waals surface area (Å²) in [5.74, 6) is 0.365. The average molecular weight is 353 g/mol. The number of hydrogen-bond donors (Lipinski definition) is 0. The molecule has 1 saturated heterocycles. The zero-order valence-electron chi connectivity index (χ0n) is 15.8. The summed E-state index contributed by atoms with van der Waals surface area (Å²) in [6, 6.07) is 8.62. The van der Waals surface area contributed by atoms with Crippen LogP contribution in [0.5, 0.6) is 0 Å². The second-order valence-corrected chi connectivity index (χ2v) is 7.08. The lowest BCUT2D eigenvalue weighted by Gasteiger charge is -2.37. The van der Waals surface area contributed by atoms with Gasteiger partial charge in [0.25, 0.3) is 0 Å². The molecule has 138 valence electrons. The number of benzene rings is 1. The molecule has 0 N–H and O–H groups in total. The topological polar surface area (TPSA) is 47.4 Å². The van der Waals surface area contributed by atoms with Gasteiger partial charge in [0, 0.05) is 51.0 Å². The number of methoxy groups -OCH3 is 1. The second-order valence-electron chi connectivity index (χ2n) is 7.08. The molecule has 2 aromatic rings. The van der Waals surface area contributed by atoms with Crippen LogP contribution in [-0.2, 0) is 23.0 Å². The van der Waals surface area contributed by atoms with E-state index in [1.165, 1.54) is 11.1 Å². The normalized spacial score (nSPS) is 20.7. The van der Waals surface area contributed by atoms with Gasteiger partial charge in [-0.05, 0) is 31.4 Å². The van der Waals surface area contributed by atoms with Crippen molar-refractivity contribution >= 4 is 12.0 Å². The first-order chi connectivity index (χ1) is 12.5. The van der Waals surface area contributed by atoms with E-state index in [-0.39, 0.29) is 12.0 Å². The fraction of sp³-hybridized carbons (Fsp3) is 0.429. The number of likely N-dealkylation sites (tertiary alicyclic amines) is 1. The van der Waals surface area contributed by atoms with Crippen LogP contribution >= 0.6 is 0 Å². The van der Waals surface area contributed by atoms with Gasteiger partial charge in [-0.3, -0.25) is 9.48 Å². The van der Waals surface area contributed by atoms with E-state index < -0.39 is 0 Å². The van der Waals surface area contributed by atoms with E-state index in [9.17, 15) is 4.79 Å². The molecule has 1 fully saturated rings. The van der Waals surface area contributed by atoms with Crippen LogP contribution in [0.3, 0.4) is 0 Å². The zero-order valence-corrected chi connectivity index (χ0v) is 15.8. The highest BCUT2D eigenvalue weighted by Gasteiger charge is 2.30. The van der Waals surface area contributed by atoms with Gasteiger partial charge in [-0.2, -0.15) is 5.10 Å². The van der Waals surface area contributed by atoms with E-state index in [0.717, 1.165) is 31.5 Å². The summed E-state index contributed by atoms with van der Waals surface area (Å²) in [6.45, 7) is 3.55. The van der Waals surface area contributed by atoms with Gasteiger partial charge in [-0.25, -0.2) is 0 Å². The van der Waals surface area contributed by atoms with Gasteiger partial charge in [-0.1, -0.05) is 29.8 Å². The van der Waals surface area contributed by atoms with Crippen LogP contribution in [0, 0.1) is 12.8 Å². The van der Waals surface area contributed by atoms with Crippen LogP contribution in [-0.4, -0.2) is 46.9 Å². The van der Waals surface area contributed by atoms with Crippen molar-refractivity contribution in [1.29, 1.82) is 0 Å². The number of piperidine rings is 1. The summed E-state index contributed by atoms with van der Waals surface area (Å²) in [4.78, 5) is 14.5. The molecule has 1 aliphatic rings. The highest BCUT2D eigenvalue weighted by Crippen LogP contribution is 2.24. The SMILES string of the molecule is CO[C@@H]1CCN(C(=O)/C=C/c2cnn(C)c2)C[C@H]1Cc1ccc(C)cc1. The molecule has 0 unspecified atom stereocenters. The van der Waals surface area contributed by atoms with Crippen LogP contribution in [0.1, 0.15) is 23.1 Å². The quantitative estimate of drug-likeness (QED) is 0.777. The predicted octanol–water partition coefficient (Wildman–Crippen LogP) is 2.85. The van der Waals surface area contributed by atoms with Crippen molar-refractivity contribution in [2.45, 2.75) is 25.9 Å². The molecule has 1 amide bonds. The molecule has 1 aliphatic heterocycles. The Kier molecular flexibility index (Phi) is 5.89. The molecule has 1 aromatic heterocycles. The Morgan fingerprint density at radius 1 is 1.35 bits per heavy atom. The van der Waals surface area contributed by atoms with Crippen molar-refractivity contribution < 1.29 is 9.53 Å². The van der Waals surface area contributed by atoms with Gasteiger partial charge in [0.2, 0.25) is 5.91 Å². The molecular formula is C21H27N3O2. The molecule has 5 nitrogen and oxygen atoms in total. The summed E-state index contributed by atoms with van der Waals surface area (Å²) in [6.07, 6.45) is 9.11. The summed E-state index contributed by atoms with van der Waals surface area (Å²) in [7, 11) is 3.64. The molecular weight excluding hydrogens is 326 g/mol. The smallest absolute Gasteiger partial charge is 0.246 e. The lowest BCUT2D eigenvalue weighted by molar-refractivity contribution is -0.130. The third-order valence-corrected chi connectivity index (χ3v) is 5.04. The lowest BCUT2D eigenvalue weighted by Crippen LogP contribution is -2.46. The van der Waals surface area contributed by atoms with Crippen molar-refractivity contribution in [2.24, 2.45) is 13.0 Å². The zero-order chi connectivity index (χ0) is 18.5. The maximum atomic E-state index is 12.6. The average Bonchev–Trinajstić information content (AvgIpc) is 3.07.